The van der Waals surface area contributed by atoms with Crippen LogP contribution in [0, 0.1) is 0 Å². The first-order valence-corrected chi connectivity index (χ1v) is 4.25. The molecule has 5 heteroatoms. The van der Waals surface area contributed by atoms with Crippen molar-refractivity contribution in [2.24, 2.45) is 0 Å². The fourth-order valence-electron chi connectivity index (χ4n) is 1.09. The quantitative estimate of drug-likeness (QED) is 0.837. The molecule has 1 N–H and O–H groups in total. The molecule has 0 heterocycles. The Morgan fingerprint density at radius 3 is 2.07 bits per heavy atom. The summed E-state index contributed by atoms with van der Waals surface area (Å²) in [5, 5.41) is 8.31. The average Bonchev–Trinajstić information content (AvgIpc) is 2.17. The Morgan fingerprint density at radius 2 is 1.73 bits per heavy atom. The predicted octanol–water partition coefficient (Wildman–Crippen LogP) is 1.93. The highest BCUT2D eigenvalue weighted by atomic mass is 19.3. The van der Waals surface area contributed by atoms with Crippen LogP contribution in [0.4, 0.5) is 14.5 Å². The SMILES string of the molecule is CN(C)c1ccc(C(F)(F)C(=O)O)cc1. The second kappa shape index (κ2) is 3.84. The van der Waals surface area contributed by atoms with E-state index >= 15 is 0 Å². The van der Waals surface area contributed by atoms with E-state index < -0.39 is 17.5 Å². The first-order chi connectivity index (χ1) is 6.85. The zero-order valence-corrected chi connectivity index (χ0v) is 8.37. The number of aliphatic carboxylic acids is 1. The molecule has 0 radical (unpaired) electrons. The number of carboxylic acid groups (broad SMARTS) is 1. The van der Waals surface area contributed by atoms with E-state index in [0.717, 1.165) is 17.8 Å². The van der Waals surface area contributed by atoms with Crippen LogP contribution in [0.15, 0.2) is 24.3 Å². The average molecular weight is 215 g/mol. The first kappa shape index (κ1) is 11.4. The van der Waals surface area contributed by atoms with Gasteiger partial charge in [0.15, 0.2) is 0 Å². The van der Waals surface area contributed by atoms with Gasteiger partial charge in [-0.2, -0.15) is 8.78 Å². The molecule has 0 fully saturated rings. The molecule has 1 aromatic carbocycles. The van der Waals surface area contributed by atoms with Gasteiger partial charge in [0.2, 0.25) is 0 Å². The minimum atomic E-state index is -3.83. The highest BCUT2D eigenvalue weighted by Crippen LogP contribution is 2.29. The van der Waals surface area contributed by atoms with Gasteiger partial charge in [-0.25, -0.2) is 4.79 Å². The fraction of sp³-hybridized carbons (Fsp3) is 0.300. The molecule has 0 atom stereocenters. The largest absolute Gasteiger partial charge is 0.477 e. The lowest BCUT2D eigenvalue weighted by Gasteiger charge is -2.15. The number of carbonyl (C=O) groups is 1. The molecule has 0 amide bonds. The number of halogens is 2. The third kappa shape index (κ3) is 2.23. The van der Waals surface area contributed by atoms with Crippen molar-refractivity contribution in [2.75, 3.05) is 19.0 Å². The number of hydrogen-bond donors (Lipinski definition) is 1. The molecular weight excluding hydrogens is 204 g/mol. The molecule has 0 bridgehead atoms. The third-order valence-electron chi connectivity index (χ3n) is 2.01. The Labute approximate surface area is 85.9 Å². The Bertz CT molecular complexity index is 360. The molecule has 3 nitrogen and oxygen atoms in total. The number of alkyl halides is 2. The maximum absolute atomic E-state index is 13.0. The van der Waals surface area contributed by atoms with Crippen molar-refractivity contribution >= 4 is 11.7 Å². The smallest absolute Gasteiger partial charge is 0.379 e. The van der Waals surface area contributed by atoms with Gasteiger partial charge in [-0.15, -0.1) is 0 Å². The topological polar surface area (TPSA) is 40.5 Å². The molecule has 0 aromatic heterocycles. The van der Waals surface area contributed by atoms with E-state index in [-0.39, 0.29) is 0 Å². The monoisotopic (exact) mass is 215 g/mol. The Morgan fingerprint density at radius 1 is 1.27 bits per heavy atom. The molecular formula is C10H11F2NO2. The van der Waals surface area contributed by atoms with E-state index in [9.17, 15) is 13.6 Å². The van der Waals surface area contributed by atoms with Crippen molar-refractivity contribution in [2.45, 2.75) is 5.92 Å². The van der Waals surface area contributed by atoms with Gasteiger partial charge in [0, 0.05) is 25.3 Å². The van der Waals surface area contributed by atoms with Crippen LogP contribution in [0.3, 0.4) is 0 Å². The van der Waals surface area contributed by atoms with Crippen molar-refractivity contribution in [1.82, 2.24) is 0 Å². The molecule has 1 aromatic rings. The Hall–Kier alpha value is -1.65. The zero-order valence-electron chi connectivity index (χ0n) is 8.37. The lowest BCUT2D eigenvalue weighted by molar-refractivity contribution is -0.166. The highest BCUT2D eigenvalue weighted by Gasteiger charge is 2.40. The molecule has 0 spiro atoms. The summed E-state index contributed by atoms with van der Waals surface area (Å²) in [7, 11) is 3.54. The van der Waals surface area contributed by atoms with Gasteiger partial charge >= 0.3 is 11.9 Å². The van der Waals surface area contributed by atoms with Crippen LogP contribution in [-0.4, -0.2) is 25.2 Å². The second-order valence-electron chi connectivity index (χ2n) is 3.32. The van der Waals surface area contributed by atoms with Crippen molar-refractivity contribution in [3.8, 4) is 0 Å². The van der Waals surface area contributed by atoms with E-state index in [4.69, 9.17) is 5.11 Å². The minimum Gasteiger partial charge on any atom is -0.477 e. The van der Waals surface area contributed by atoms with E-state index in [1.165, 1.54) is 12.1 Å². The molecule has 0 saturated carbocycles. The zero-order chi connectivity index (χ0) is 11.6. The van der Waals surface area contributed by atoms with Crippen molar-refractivity contribution in [3.05, 3.63) is 29.8 Å². The molecule has 0 saturated heterocycles. The van der Waals surface area contributed by atoms with Gasteiger partial charge in [0.1, 0.15) is 0 Å². The van der Waals surface area contributed by atoms with Crippen LogP contribution in [0.1, 0.15) is 5.56 Å². The van der Waals surface area contributed by atoms with Crippen LogP contribution in [0.25, 0.3) is 0 Å². The van der Waals surface area contributed by atoms with Gasteiger partial charge in [0.05, 0.1) is 0 Å². The maximum atomic E-state index is 13.0. The summed E-state index contributed by atoms with van der Waals surface area (Å²) < 4.78 is 26.0. The van der Waals surface area contributed by atoms with Crippen molar-refractivity contribution in [3.63, 3.8) is 0 Å². The summed E-state index contributed by atoms with van der Waals surface area (Å²) >= 11 is 0. The van der Waals surface area contributed by atoms with Gasteiger partial charge in [0.25, 0.3) is 0 Å². The van der Waals surface area contributed by atoms with Gasteiger partial charge < -0.3 is 10.0 Å². The minimum absolute atomic E-state index is 0.513. The molecule has 82 valence electrons. The molecule has 0 aliphatic carbocycles. The second-order valence-corrected chi connectivity index (χ2v) is 3.32. The van der Waals surface area contributed by atoms with Crippen LogP contribution in [0.2, 0.25) is 0 Å². The fourth-order valence-corrected chi connectivity index (χ4v) is 1.09. The van der Waals surface area contributed by atoms with Gasteiger partial charge in [-0.05, 0) is 12.1 Å². The standard InChI is InChI=1S/C10H11F2NO2/c1-13(2)8-5-3-7(4-6-8)10(11,12)9(14)15/h3-6H,1-2H3,(H,14,15). The summed E-state index contributed by atoms with van der Waals surface area (Å²) in [4.78, 5) is 12.0. The molecule has 0 aliphatic heterocycles. The normalized spacial score (nSPS) is 11.2. The Balaban J connectivity index is 3.04. The van der Waals surface area contributed by atoms with Crippen molar-refractivity contribution < 1.29 is 18.7 Å². The van der Waals surface area contributed by atoms with Crippen LogP contribution in [0.5, 0.6) is 0 Å². The number of hydrogen-bond acceptors (Lipinski definition) is 2. The maximum Gasteiger partial charge on any atom is 0.379 e. The van der Waals surface area contributed by atoms with E-state index in [1.54, 1.807) is 19.0 Å². The highest BCUT2D eigenvalue weighted by molar-refractivity contribution is 5.77. The van der Waals surface area contributed by atoms with Gasteiger partial charge in [-0.3, -0.25) is 0 Å². The summed E-state index contributed by atoms with van der Waals surface area (Å²) in [6.07, 6.45) is 0. The lowest BCUT2D eigenvalue weighted by Crippen LogP contribution is -2.25. The number of carboxylic acids is 1. The lowest BCUT2D eigenvalue weighted by atomic mass is 10.1. The number of rotatable bonds is 3. The number of nitrogens with zero attached hydrogens (tertiary/aromatic N) is 1. The van der Waals surface area contributed by atoms with Crippen molar-refractivity contribution in [1.29, 1.82) is 0 Å². The molecule has 1 rings (SSSR count). The van der Waals surface area contributed by atoms with Crippen LogP contribution >= 0.6 is 0 Å². The summed E-state index contributed by atoms with van der Waals surface area (Å²) in [6.45, 7) is 0. The van der Waals surface area contributed by atoms with Crippen LogP contribution in [-0.2, 0) is 10.7 Å². The van der Waals surface area contributed by atoms with E-state index in [2.05, 4.69) is 0 Å². The van der Waals surface area contributed by atoms with Gasteiger partial charge in [-0.1, -0.05) is 12.1 Å². The summed E-state index contributed by atoms with van der Waals surface area (Å²) in [5.74, 6) is -5.97. The van der Waals surface area contributed by atoms with E-state index in [1.807, 2.05) is 0 Å². The third-order valence-corrected chi connectivity index (χ3v) is 2.01. The summed E-state index contributed by atoms with van der Waals surface area (Å²) in [6, 6.07) is 5.13. The van der Waals surface area contributed by atoms with Crippen LogP contribution < -0.4 is 4.90 Å². The molecule has 0 aliphatic rings. The molecule has 0 unspecified atom stereocenters. The first-order valence-electron chi connectivity index (χ1n) is 4.25. The number of benzene rings is 1. The predicted molar refractivity (Wildman–Crippen MR) is 52.3 cm³/mol. The molecule has 15 heavy (non-hydrogen) atoms. The van der Waals surface area contributed by atoms with E-state index in [0.29, 0.717) is 0 Å². The number of anilines is 1. The summed E-state index contributed by atoms with van der Waals surface area (Å²) in [5.41, 5.74) is 0.223. The Kier molecular flexibility index (Phi) is 2.93.